The van der Waals surface area contributed by atoms with Crippen molar-refractivity contribution in [2.75, 3.05) is 19.4 Å². The molecule has 0 aliphatic carbocycles. The zero-order chi connectivity index (χ0) is 13.5. The molecule has 0 aliphatic rings. The molecule has 1 amide bonds. The largest absolute Gasteiger partial charge is 0.492 e. The normalized spacial score (nSPS) is 11.9. The highest BCUT2D eigenvalue weighted by Gasteiger charge is 2.12. The van der Waals surface area contributed by atoms with Gasteiger partial charge in [0.2, 0.25) is 0 Å². The van der Waals surface area contributed by atoms with Gasteiger partial charge in [0, 0.05) is 18.8 Å². The van der Waals surface area contributed by atoms with E-state index in [0.717, 1.165) is 12.8 Å². The maximum atomic E-state index is 11.7. The number of anilines is 1. The van der Waals surface area contributed by atoms with Crippen molar-refractivity contribution in [2.24, 2.45) is 5.92 Å². The summed E-state index contributed by atoms with van der Waals surface area (Å²) in [5, 5.41) is 2.59. The minimum Gasteiger partial charge on any atom is -0.492 e. The molecule has 0 saturated carbocycles. The van der Waals surface area contributed by atoms with E-state index in [1.807, 2.05) is 0 Å². The number of nitrogens with two attached hydrogens (primary N) is 1. The zero-order valence-corrected chi connectivity index (χ0v) is 11.3. The van der Waals surface area contributed by atoms with Crippen molar-refractivity contribution in [2.45, 2.75) is 26.7 Å². The number of ether oxygens (including phenoxy) is 1. The highest BCUT2D eigenvalue weighted by Crippen LogP contribution is 2.23. The van der Waals surface area contributed by atoms with E-state index in [4.69, 9.17) is 10.5 Å². The summed E-state index contributed by atoms with van der Waals surface area (Å²) < 4.78 is 5.71. The third kappa shape index (κ3) is 3.95. The lowest BCUT2D eigenvalue weighted by molar-refractivity contribution is 0.0958. The van der Waals surface area contributed by atoms with Crippen LogP contribution in [0, 0.1) is 5.92 Å². The molecule has 0 bridgehead atoms. The van der Waals surface area contributed by atoms with Gasteiger partial charge in [0.25, 0.3) is 5.91 Å². The van der Waals surface area contributed by atoms with Crippen LogP contribution >= 0.6 is 0 Å². The average Bonchev–Trinajstić information content (AvgIpc) is 2.36. The van der Waals surface area contributed by atoms with Gasteiger partial charge in [0.05, 0.1) is 12.2 Å². The first-order valence-corrected chi connectivity index (χ1v) is 6.32. The van der Waals surface area contributed by atoms with E-state index < -0.39 is 0 Å². The van der Waals surface area contributed by atoms with E-state index in [2.05, 4.69) is 19.2 Å². The standard InChI is InChI=1S/C14H22N2O2/c1-4-5-10(2)9-18-13-8-11(15)6-7-12(13)14(17)16-3/h6-8,10H,4-5,9,15H2,1-3H3,(H,16,17). The molecule has 1 aromatic rings. The number of carbonyl (C=O) groups excluding carboxylic acids is 1. The molecule has 18 heavy (non-hydrogen) atoms. The number of nitrogen functional groups attached to an aromatic ring is 1. The van der Waals surface area contributed by atoms with Crippen LogP contribution in [0.15, 0.2) is 18.2 Å². The molecule has 0 aliphatic heterocycles. The van der Waals surface area contributed by atoms with Crippen LogP contribution in [-0.4, -0.2) is 19.6 Å². The van der Waals surface area contributed by atoms with Crippen molar-refractivity contribution < 1.29 is 9.53 Å². The highest BCUT2D eigenvalue weighted by atomic mass is 16.5. The number of rotatable bonds is 6. The SMILES string of the molecule is CCCC(C)COc1cc(N)ccc1C(=O)NC. The fraction of sp³-hybridized carbons (Fsp3) is 0.500. The van der Waals surface area contributed by atoms with E-state index in [1.165, 1.54) is 0 Å². The Morgan fingerprint density at radius 2 is 2.22 bits per heavy atom. The molecule has 4 heteroatoms. The number of carbonyl (C=O) groups is 1. The maximum absolute atomic E-state index is 11.7. The molecule has 100 valence electrons. The smallest absolute Gasteiger partial charge is 0.254 e. The predicted octanol–water partition coefficient (Wildman–Crippen LogP) is 2.44. The molecule has 0 radical (unpaired) electrons. The lowest BCUT2D eigenvalue weighted by atomic mass is 10.1. The molecule has 1 unspecified atom stereocenters. The Morgan fingerprint density at radius 1 is 1.50 bits per heavy atom. The van der Waals surface area contributed by atoms with Gasteiger partial charge in [-0.3, -0.25) is 4.79 Å². The van der Waals surface area contributed by atoms with Gasteiger partial charge in [-0.15, -0.1) is 0 Å². The van der Waals surface area contributed by atoms with Crippen molar-refractivity contribution in [1.29, 1.82) is 0 Å². The van der Waals surface area contributed by atoms with E-state index in [-0.39, 0.29) is 5.91 Å². The Labute approximate surface area is 109 Å². The second-order valence-electron chi connectivity index (χ2n) is 4.54. The zero-order valence-electron chi connectivity index (χ0n) is 11.3. The second kappa shape index (κ2) is 6.89. The Morgan fingerprint density at radius 3 is 2.83 bits per heavy atom. The fourth-order valence-corrected chi connectivity index (χ4v) is 1.79. The maximum Gasteiger partial charge on any atom is 0.254 e. The monoisotopic (exact) mass is 250 g/mol. The molecule has 0 saturated heterocycles. The first-order valence-electron chi connectivity index (χ1n) is 6.32. The molecule has 0 spiro atoms. The molecular formula is C14H22N2O2. The summed E-state index contributed by atoms with van der Waals surface area (Å²) in [7, 11) is 1.60. The molecule has 1 atom stereocenters. The van der Waals surface area contributed by atoms with Crippen molar-refractivity contribution in [1.82, 2.24) is 5.32 Å². The van der Waals surface area contributed by atoms with Crippen LogP contribution in [0.25, 0.3) is 0 Å². The molecule has 1 rings (SSSR count). The summed E-state index contributed by atoms with van der Waals surface area (Å²) in [5.74, 6) is 0.861. The number of benzene rings is 1. The van der Waals surface area contributed by atoms with Crippen LogP contribution in [0.2, 0.25) is 0 Å². The van der Waals surface area contributed by atoms with Gasteiger partial charge in [0.15, 0.2) is 0 Å². The Hall–Kier alpha value is -1.71. The van der Waals surface area contributed by atoms with Crippen molar-refractivity contribution >= 4 is 11.6 Å². The molecular weight excluding hydrogens is 228 g/mol. The first kappa shape index (κ1) is 14.4. The van der Waals surface area contributed by atoms with Crippen molar-refractivity contribution in [3.8, 4) is 5.75 Å². The Kier molecular flexibility index (Phi) is 5.49. The van der Waals surface area contributed by atoms with E-state index in [1.54, 1.807) is 25.2 Å². The van der Waals surface area contributed by atoms with Crippen LogP contribution in [0.5, 0.6) is 5.75 Å². The molecule has 1 aromatic carbocycles. The Bertz CT molecular complexity index is 405. The number of hydrogen-bond donors (Lipinski definition) is 2. The van der Waals surface area contributed by atoms with Gasteiger partial charge < -0.3 is 15.8 Å². The second-order valence-corrected chi connectivity index (χ2v) is 4.54. The summed E-state index contributed by atoms with van der Waals surface area (Å²) in [6, 6.07) is 5.09. The van der Waals surface area contributed by atoms with E-state index in [0.29, 0.717) is 29.5 Å². The van der Waals surface area contributed by atoms with Crippen LogP contribution in [0.1, 0.15) is 37.0 Å². The summed E-state index contributed by atoms with van der Waals surface area (Å²) in [5.41, 5.74) is 6.84. The summed E-state index contributed by atoms with van der Waals surface area (Å²) in [6.07, 6.45) is 2.24. The van der Waals surface area contributed by atoms with Gasteiger partial charge in [-0.2, -0.15) is 0 Å². The molecule has 0 aromatic heterocycles. The number of hydrogen-bond acceptors (Lipinski definition) is 3. The lowest BCUT2D eigenvalue weighted by Crippen LogP contribution is -2.20. The van der Waals surface area contributed by atoms with Crippen LogP contribution in [-0.2, 0) is 0 Å². The van der Waals surface area contributed by atoms with Gasteiger partial charge in [-0.1, -0.05) is 20.3 Å². The van der Waals surface area contributed by atoms with Crippen LogP contribution in [0.4, 0.5) is 5.69 Å². The van der Waals surface area contributed by atoms with Gasteiger partial charge in [-0.25, -0.2) is 0 Å². The first-order chi connectivity index (χ1) is 8.58. The molecule has 4 nitrogen and oxygen atoms in total. The van der Waals surface area contributed by atoms with E-state index >= 15 is 0 Å². The minimum atomic E-state index is -0.159. The third-order valence-electron chi connectivity index (χ3n) is 2.78. The summed E-state index contributed by atoms with van der Waals surface area (Å²) in [6.45, 7) is 4.88. The summed E-state index contributed by atoms with van der Waals surface area (Å²) >= 11 is 0. The lowest BCUT2D eigenvalue weighted by Gasteiger charge is -2.15. The van der Waals surface area contributed by atoms with Gasteiger partial charge in [-0.05, 0) is 24.5 Å². The number of nitrogens with one attached hydrogen (secondary N) is 1. The van der Waals surface area contributed by atoms with Crippen molar-refractivity contribution in [3.05, 3.63) is 23.8 Å². The van der Waals surface area contributed by atoms with Gasteiger partial charge in [0.1, 0.15) is 5.75 Å². The quantitative estimate of drug-likeness (QED) is 0.762. The van der Waals surface area contributed by atoms with Crippen molar-refractivity contribution in [3.63, 3.8) is 0 Å². The third-order valence-corrected chi connectivity index (χ3v) is 2.78. The molecule has 0 fully saturated rings. The Balaban J connectivity index is 2.79. The highest BCUT2D eigenvalue weighted by molar-refractivity contribution is 5.97. The minimum absolute atomic E-state index is 0.159. The summed E-state index contributed by atoms with van der Waals surface area (Å²) in [4.78, 5) is 11.7. The fourth-order valence-electron chi connectivity index (χ4n) is 1.79. The van der Waals surface area contributed by atoms with Gasteiger partial charge >= 0.3 is 0 Å². The van der Waals surface area contributed by atoms with Crippen LogP contribution < -0.4 is 15.8 Å². The topological polar surface area (TPSA) is 64.3 Å². The molecule has 0 heterocycles. The van der Waals surface area contributed by atoms with E-state index in [9.17, 15) is 4.79 Å². The predicted molar refractivity (Wildman–Crippen MR) is 73.8 cm³/mol. The number of amides is 1. The average molecular weight is 250 g/mol. The molecule has 3 N–H and O–H groups in total. The van der Waals surface area contributed by atoms with Crippen LogP contribution in [0.3, 0.4) is 0 Å².